The highest BCUT2D eigenvalue weighted by atomic mass is 16.7. The maximum absolute atomic E-state index is 12.9. The minimum atomic E-state index is -0.340. The number of benzene rings is 1. The molecule has 7 rings (SSSR count). The number of nitrogens with one attached hydrogen (secondary N) is 2. The summed E-state index contributed by atoms with van der Waals surface area (Å²) in [4.78, 5) is 25.3. The molecule has 0 radical (unpaired) electrons. The Labute approximate surface area is 270 Å². The number of amides is 2. The maximum atomic E-state index is 12.9. The van der Waals surface area contributed by atoms with Gasteiger partial charge in [-0.1, -0.05) is 39.8 Å². The first-order valence-corrected chi connectivity index (χ1v) is 18.2. The lowest BCUT2D eigenvalue weighted by Crippen LogP contribution is -2.56. The van der Waals surface area contributed by atoms with Crippen LogP contribution in [0.3, 0.4) is 0 Å². The van der Waals surface area contributed by atoms with Gasteiger partial charge in [-0.15, -0.1) is 0 Å². The van der Waals surface area contributed by atoms with Crippen LogP contribution in [0.4, 0.5) is 0 Å². The molecule has 0 bridgehead atoms. The van der Waals surface area contributed by atoms with Crippen LogP contribution in [-0.4, -0.2) is 48.0 Å². The average molecular weight is 621 g/mol. The van der Waals surface area contributed by atoms with Crippen molar-refractivity contribution in [2.75, 3.05) is 13.2 Å². The van der Waals surface area contributed by atoms with Crippen LogP contribution >= 0.6 is 0 Å². The second-order valence-corrected chi connectivity index (χ2v) is 16.7. The molecule has 2 aliphatic heterocycles. The second kappa shape index (κ2) is 11.8. The largest absolute Gasteiger partial charge is 0.508 e. The van der Waals surface area contributed by atoms with Gasteiger partial charge in [0.05, 0.1) is 12.7 Å². The van der Waals surface area contributed by atoms with Crippen molar-refractivity contribution in [2.24, 2.45) is 52.3 Å². The van der Waals surface area contributed by atoms with Gasteiger partial charge in [-0.2, -0.15) is 0 Å². The van der Waals surface area contributed by atoms with Crippen LogP contribution in [0.25, 0.3) is 0 Å². The van der Waals surface area contributed by atoms with Gasteiger partial charge >= 0.3 is 0 Å². The van der Waals surface area contributed by atoms with Gasteiger partial charge in [0.1, 0.15) is 12.2 Å². The number of hydrogen-bond acceptors (Lipinski definition) is 5. The van der Waals surface area contributed by atoms with Crippen molar-refractivity contribution >= 4 is 11.8 Å². The van der Waals surface area contributed by atoms with Crippen LogP contribution in [0, 0.1) is 52.3 Å². The number of carbonyl (C=O) groups is 2. The number of ether oxygens (including phenoxy) is 2. The molecule has 1 spiro atoms. The van der Waals surface area contributed by atoms with Crippen LogP contribution in [0.15, 0.2) is 24.3 Å². The van der Waals surface area contributed by atoms with Crippen molar-refractivity contribution in [1.82, 2.24) is 10.6 Å². The third-order valence-electron chi connectivity index (χ3n) is 14.3. The minimum Gasteiger partial charge on any atom is -0.508 e. The molecule has 3 N–H and O–H groups in total. The molecule has 7 nitrogen and oxygen atoms in total. The van der Waals surface area contributed by atoms with Crippen molar-refractivity contribution in [3.8, 4) is 5.75 Å². The summed E-state index contributed by atoms with van der Waals surface area (Å²) in [7, 11) is 0. The van der Waals surface area contributed by atoms with Gasteiger partial charge in [-0.05, 0) is 128 Å². The summed E-state index contributed by atoms with van der Waals surface area (Å²) in [5.41, 5.74) is 1.72. The molecule has 2 saturated heterocycles. The van der Waals surface area contributed by atoms with Gasteiger partial charge in [0, 0.05) is 24.9 Å². The van der Waals surface area contributed by atoms with Gasteiger partial charge < -0.3 is 25.2 Å². The molecular weight excluding hydrogens is 564 g/mol. The fourth-order valence-corrected chi connectivity index (χ4v) is 11.9. The summed E-state index contributed by atoms with van der Waals surface area (Å²) in [6, 6.07) is 7.15. The smallest absolute Gasteiger partial charge is 0.229 e. The van der Waals surface area contributed by atoms with Crippen LogP contribution < -0.4 is 10.6 Å². The van der Waals surface area contributed by atoms with Crippen LogP contribution in [0.5, 0.6) is 5.75 Å². The highest BCUT2D eigenvalue weighted by molar-refractivity contribution is 5.96. The zero-order chi connectivity index (χ0) is 31.6. The Bertz CT molecular complexity index is 1260. The average Bonchev–Trinajstić information content (AvgIpc) is 3.45. The Morgan fingerprint density at radius 2 is 1.69 bits per heavy atom. The normalized spacial score (nSPS) is 45.2. The topological polar surface area (TPSA) is 96.9 Å². The zero-order valence-corrected chi connectivity index (χ0v) is 28.0. The number of hydrogen-bond donors (Lipinski definition) is 3. The molecule has 4 aliphatic carbocycles. The fraction of sp³-hybridized carbons (Fsp3) is 0.789. The quantitative estimate of drug-likeness (QED) is 0.321. The number of phenolic OH excluding ortho intramolecular Hbond substituents is 1. The van der Waals surface area contributed by atoms with Crippen LogP contribution in [0.2, 0.25) is 0 Å². The number of phenols is 1. The van der Waals surface area contributed by atoms with E-state index in [0.29, 0.717) is 53.6 Å². The standard InChI is InChI=1S/C38H56N2O5/c1-23-11-17-38(44-22-23)24(2)35-32(45-38)20-31-29-10-7-26-19-27(12-15-36(26,3)30(29)13-16-37(31,35)4)40-34(43)21-33(42)39-18-14-25-5-8-28(41)9-6-25/h5-6,8-9,23-24,26-27,29-32,35,41H,7,10-22H2,1-4H3,(H,39,42)(H,40,43)/t23-,24-,26+,27?,29+,30-,31-,32-,35-,36-,37-,38+/m0/s1. The van der Waals surface area contributed by atoms with Crippen molar-refractivity contribution in [2.45, 2.75) is 123 Å². The number of rotatable bonds is 6. The third kappa shape index (κ3) is 5.52. The Morgan fingerprint density at radius 3 is 2.44 bits per heavy atom. The molecule has 1 aromatic carbocycles. The number of fused-ring (bicyclic) bond motifs is 7. The predicted octanol–water partition coefficient (Wildman–Crippen LogP) is 6.37. The summed E-state index contributed by atoms with van der Waals surface area (Å²) < 4.78 is 13.5. The van der Waals surface area contributed by atoms with E-state index in [4.69, 9.17) is 9.47 Å². The first-order valence-electron chi connectivity index (χ1n) is 18.2. The fourth-order valence-electron chi connectivity index (χ4n) is 11.9. The van der Waals surface area contributed by atoms with E-state index in [-0.39, 0.29) is 35.8 Å². The first-order chi connectivity index (χ1) is 21.5. The molecule has 248 valence electrons. The molecule has 6 fully saturated rings. The Kier molecular flexibility index (Phi) is 8.28. The summed E-state index contributed by atoms with van der Waals surface area (Å²) in [6.07, 6.45) is 12.8. The van der Waals surface area contributed by atoms with Gasteiger partial charge in [0.2, 0.25) is 11.8 Å². The van der Waals surface area contributed by atoms with Crippen molar-refractivity contribution in [3.05, 3.63) is 29.8 Å². The second-order valence-electron chi connectivity index (χ2n) is 16.7. The molecule has 7 heteroatoms. The lowest BCUT2D eigenvalue weighted by molar-refractivity contribution is -0.273. The molecule has 1 aromatic rings. The van der Waals surface area contributed by atoms with Gasteiger partial charge in [-0.3, -0.25) is 9.59 Å². The predicted molar refractivity (Wildman–Crippen MR) is 173 cm³/mol. The van der Waals surface area contributed by atoms with E-state index in [1.165, 1.54) is 44.9 Å². The first kappa shape index (κ1) is 31.5. The monoisotopic (exact) mass is 620 g/mol. The van der Waals surface area contributed by atoms with Crippen molar-refractivity contribution < 1.29 is 24.2 Å². The summed E-state index contributed by atoms with van der Waals surface area (Å²) in [5, 5.41) is 15.5. The maximum Gasteiger partial charge on any atom is 0.229 e. The van der Waals surface area contributed by atoms with Gasteiger partial charge in [0.25, 0.3) is 0 Å². The van der Waals surface area contributed by atoms with E-state index in [1.54, 1.807) is 12.1 Å². The lowest BCUT2D eigenvalue weighted by atomic mass is 9.44. The van der Waals surface area contributed by atoms with Crippen LogP contribution in [-0.2, 0) is 25.5 Å². The lowest BCUT2D eigenvalue weighted by Gasteiger charge is -2.61. The van der Waals surface area contributed by atoms with E-state index in [1.807, 2.05) is 12.1 Å². The number of aromatic hydroxyl groups is 1. The Morgan fingerprint density at radius 1 is 0.911 bits per heavy atom. The molecule has 2 amide bonds. The van der Waals surface area contributed by atoms with Crippen molar-refractivity contribution in [1.29, 1.82) is 0 Å². The summed E-state index contributed by atoms with van der Waals surface area (Å²) in [5.74, 6) is 4.15. The molecule has 0 aromatic heterocycles. The van der Waals surface area contributed by atoms with Gasteiger partial charge in [0.15, 0.2) is 5.79 Å². The van der Waals surface area contributed by atoms with E-state index >= 15 is 0 Å². The summed E-state index contributed by atoms with van der Waals surface area (Å²) in [6.45, 7) is 11.3. The molecule has 2 heterocycles. The van der Waals surface area contributed by atoms with E-state index < -0.39 is 0 Å². The van der Waals surface area contributed by atoms with Crippen molar-refractivity contribution in [3.63, 3.8) is 0 Å². The molecule has 4 saturated carbocycles. The minimum absolute atomic E-state index is 0.118. The van der Waals surface area contributed by atoms with Crippen LogP contribution in [0.1, 0.15) is 104 Å². The van der Waals surface area contributed by atoms with E-state index in [2.05, 4.69) is 38.3 Å². The molecule has 12 atom stereocenters. The number of carbonyl (C=O) groups excluding carboxylic acids is 2. The Balaban J connectivity index is 0.919. The SMILES string of the molecule is C[C@H]1CC[C@@]2(OC1)O[C@H]1C[C@H]3[C@@H]4CC[C@@H]5CC(NC(=O)CC(=O)NCCc6ccc(O)cc6)CC[C@]5(C)[C@H]4CC[C@]3(C)[C@H]1[C@@H]2C. The zero-order valence-electron chi connectivity index (χ0n) is 28.0. The highest BCUT2D eigenvalue weighted by Gasteiger charge is 2.69. The molecule has 45 heavy (non-hydrogen) atoms. The van der Waals surface area contributed by atoms with E-state index in [0.717, 1.165) is 49.2 Å². The molecular formula is C38H56N2O5. The highest BCUT2D eigenvalue weighted by Crippen LogP contribution is 2.71. The Hall–Kier alpha value is -2.12. The summed E-state index contributed by atoms with van der Waals surface area (Å²) >= 11 is 0. The molecule has 6 aliphatic rings. The van der Waals surface area contributed by atoms with E-state index in [9.17, 15) is 14.7 Å². The third-order valence-corrected chi connectivity index (χ3v) is 14.3. The van der Waals surface area contributed by atoms with Gasteiger partial charge in [-0.25, -0.2) is 0 Å². The molecule has 1 unspecified atom stereocenters.